The quantitative estimate of drug-likeness (QED) is 0.521. The van der Waals surface area contributed by atoms with Gasteiger partial charge in [0.15, 0.2) is 5.76 Å². The van der Waals surface area contributed by atoms with Crippen LogP contribution in [0, 0.1) is 24.0 Å². The zero-order chi connectivity index (χ0) is 16.1. The van der Waals surface area contributed by atoms with Gasteiger partial charge in [0.25, 0.3) is 0 Å². The molecule has 1 N–H and O–H groups in total. The minimum absolute atomic E-state index is 0.193. The Balaban J connectivity index is 1.91. The summed E-state index contributed by atoms with van der Waals surface area (Å²) in [7, 11) is 0. The average molecular weight is 301 g/mol. The van der Waals surface area contributed by atoms with Gasteiger partial charge < -0.3 is 4.42 Å². The number of nitro groups is 1. The van der Waals surface area contributed by atoms with Crippen LogP contribution in [0.4, 0.5) is 5.88 Å². The van der Waals surface area contributed by atoms with Crippen molar-refractivity contribution in [3.63, 3.8) is 0 Å². The van der Waals surface area contributed by atoms with E-state index in [4.69, 9.17) is 4.42 Å². The van der Waals surface area contributed by atoms with E-state index in [0.717, 1.165) is 16.7 Å². The minimum Gasteiger partial charge on any atom is -0.400 e. The molecule has 1 aromatic carbocycles. The summed E-state index contributed by atoms with van der Waals surface area (Å²) >= 11 is 0. The maximum atomic E-state index is 11.8. The summed E-state index contributed by atoms with van der Waals surface area (Å²) in [4.78, 5) is 21.6. The lowest BCUT2D eigenvalue weighted by Gasteiger charge is -2.05. The number of amides is 1. The molecule has 22 heavy (non-hydrogen) atoms. The normalized spacial score (nSPS) is 10.8. The minimum atomic E-state index is -0.643. The molecule has 0 fully saturated rings. The van der Waals surface area contributed by atoms with E-state index in [1.807, 2.05) is 32.0 Å². The first kappa shape index (κ1) is 15.4. The van der Waals surface area contributed by atoms with Crippen molar-refractivity contribution in [3.8, 4) is 0 Å². The van der Waals surface area contributed by atoms with Crippen molar-refractivity contribution in [2.75, 3.05) is 0 Å². The molecule has 2 aromatic rings. The van der Waals surface area contributed by atoms with E-state index in [2.05, 4.69) is 10.5 Å². The Morgan fingerprint density at radius 2 is 2.14 bits per heavy atom. The van der Waals surface area contributed by atoms with Crippen LogP contribution in [0.25, 0.3) is 0 Å². The van der Waals surface area contributed by atoms with Crippen molar-refractivity contribution in [1.29, 1.82) is 0 Å². The summed E-state index contributed by atoms with van der Waals surface area (Å²) in [5.74, 6) is -0.453. The Morgan fingerprint density at radius 3 is 2.77 bits per heavy atom. The Kier molecular flexibility index (Phi) is 4.67. The zero-order valence-corrected chi connectivity index (χ0v) is 12.2. The van der Waals surface area contributed by atoms with Gasteiger partial charge in [0.2, 0.25) is 5.91 Å². The highest BCUT2D eigenvalue weighted by Crippen LogP contribution is 2.14. The lowest BCUT2D eigenvalue weighted by molar-refractivity contribution is -0.402. The highest BCUT2D eigenvalue weighted by atomic mass is 16.6. The number of carbonyl (C=O) groups excluding carboxylic acids is 1. The third-order valence-electron chi connectivity index (χ3n) is 3.02. The number of nitrogens with one attached hydrogen (secondary N) is 1. The molecule has 2 rings (SSSR count). The van der Waals surface area contributed by atoms with E-state index in [0.29, 0.717) is 0 Å². The van der Waals surface area contributed by atoms with Gasteiger partial charge in [-0.05, 0) is 31.0 Å². The maximum Gasteiger partial charge on any atom is 0.433 e. The second-order valence-corrected chi connectivity index (χ2v) is 4.83. The summed E-state index contributed by atoms with van der Waals surface area (Å²) < 4.78 is 4.88. The molecule has 0 saturated heterocycles. The van der Waals surface area contributed by atoms with Crippen LogP contribution in [0.15, 0.2) is 39.9 Å². The van der Waals surface area contributed by atoms with Crippen LogP contribution in [0.2, 0.25) is 0 Å². The first-order chi connectivity index (χ1) is 10.5. The maximum absolute atomic E-state index is 11.8. The van der Waals surface area contributed by atoms with Crippen molar-refractivity contribution in [1.82, 2.24) is 5.43 Å². The van der Waals surface area contributed by atoms with Crippen LogP contribution in [-0.2, 0) is 11.2 Å². The molecular formula is C15H15N3O4. The van der Waals surface area contributed by atoms with Gasteiger partial charge in [-0.3, -0.25) is 14.9 Å². The van der Waals surface area contributed by atoms with E-state index in [-0.39, 0.29) is 24.0 Å². The van der Waals surface area contributed by atoms with Gasteiger partial charge >= 0.3 is 5.88 Å². The van der Waals surface area contributed by atoms with Crippen molar-refractivity contribution >= 4 is 18.0 Å². The number of furan rings is 1. The first-order valence-corrected chi connectivity index (χ1v) is 6.58. The second kappa shape index (κ2) is 6.66. The lowest BCUT2D eigenvalue weighted by atomic mass is 10.0. The molecule has 1 heterocycles. The SMILES string of the molecule is Cc1ccc(CC(=O)N/N=C\c2ccc([N+](=O)[O-])o2)c(C)c1. The predicted molar refractivity (Wildman–Crippen MR) is 80.7 cm³/mol. The molecule has 114 valence electrons. The molecule has 0 unspecified atom stereocenters. The second-order valence-electron chi connectivity index (χ2n) is 4.83. The number of carbonyl (C=O) groups is 1. The molecule has 0 saturated carbocycles. The predicted octanol–water partition coefficient (Wildman–Crippen LogP) is 2.50. The van der Waals surface area contributed by atoms with Gasteiger partial charge in [-0.2, -0.15) is 5.10 Å². The van der Waals surface area contributed by atoms with Gasteiger partial charge in [-0.25, -0.2) is 5.43 Å². The molecule has 1 aromatic heterocycles. The molecule has 0 spiro atoms. The molecule has 0 radical (unpaired) electrons. The molecule has 0 aliphatic carbocycles. The number of aryl methyl sites for hydroxylation is 2. The van der Waals surface area contributed by atoms with Gasteiger partial charge in [0, 0.05) is 0 Å². The summed E-state index contributed by atoms with van der Waals surface area (Å²) in [6, 6.07) is 8.48. The molecule has 1 amide bonds. The number of hydrogen-bond acceptors (Lipinski definition) is 5. The van der Waals surface area contributed by atoms with Gasteiger partial charge in [0.05, 0.1) is 18.7 Å². The molecule has 0 atom stereocenters. The molecule has 7 nitrogen and oxygen atoms in total. The summed E-state index contributed by atoms with van der Waals surface area (Å²) in [5.41, 5.74) is 5.46. The molecule has 0 bridgehead atoms. The standard InChI is InChI=1S/C15H15N3O4/c1-10-3-4-12(11(2)7-10)8-14(19)17-16-9-13-5-6-15(22-13)18(20)21/h3-7,9H,8H2,1-2H3,(H,17,19)/b16-9-. The Labute approximate surface area is 126 Å². The van der Waals surface area contributed by atoms with Crippen LogP contribution >= 0.6 is 0 Å². The van der Waals surface area contributed by atoms with Gasteiger partial charge in [-0.1, -0.05) is 23.8 Å². The number of hydrogen-bond donors (Lipinski definition) is 1. The number of benzene rings is 1. The van der Waals surface area contributed by atoms with Crippen molar-refractivity contribution < 1.29 is 14.1 Å². The number of rotatable bonds is 5. The van der Waals surface area contributed by atoms with E-state index in [1.54, 1.807) is 0 Å². The van der Waals surface area contributed by atoms with Crippen molar-refractivity contribution in [2.45, 2.75) is 20.3 Å². The Hall–Kier alpha value is -2.96. The number of hydrazone groups is 1. The van der Waals surface area contributed by atoms with E-state index < -0.39 is 4.92 Å². The van der Waals surface area contributed by atoms with E-state index >= 15 is 0 Å². The Bertz CT molecular complexity index is 734. The fourth-order valence-corrected chi connectivity index (χ4v) is 1.93. The third kappa shape index (κ3) is 4.02. The summed E-state index contributed by atoms with van der Waals surface area (Å²) in [6.45, 7) is 3.94. The molecule has 0 aliphatic rings. The zero-order valence-electron chi connectivity index (χ0n) is 12.2. The third-order valence-corrected chi connectivity index (χ3v) is 3.02. The van der Waals surface area contributed by atoms with E-state index in [1.165, 1.54) is 18.3 Å². The van der Waals surface area contributed by atoms with Crippen molar-refractivity contribution in [3.05, 3.63) is 62.9 Å². The van der Waals surface area contributed by atoms with Crippen LogP contribution in [0.5, 0.6) is 0 Å². The van der Waals surface area contributed by atoms with Crippen molar-refractivity contribution in [2.24, 2.45) is 5.10 Å². The van der Waals surface area contributed by atoms with Crippen LogP contribution in [0.3, 0.4) is 0 Å². The smallest absolute Gasteiger partial charge is 0.400 e. The molecular weight excluding hydrogens is 286 g/mol. The topological polar surface area (TPSA) is 97.7 Å². The average Bonchev–Trinajstić information content (AvgIpc) is 2.91. The fourth-order valence-electron chi connectivity index (χ4n) is 1.93. The summed E-state index contributed by atoms with van der Waals surface area (Å²) in [5, 5.41) is 14.2. The van der Waals surface area contributed by atoms with Crippen LogP contribution < -0.4 is 5.43 Å². The molecule has 0 aliphatic heterocycles. The van der Waals surface area contributed by atoms with Crippen LogP contribution in [0.1, 0.15) is 22.5 Å². The fraction of sp³-hybridized carbons (Fsp3) is 0.200. The number of nitrogens with zero attached hydrogens (tertiary/aromatic N) is 2. The highest BCUT2D eigenvalue weighted by Gasteiger charge is 2.10. The lowest BCUT2D eigenvalue weighted by Crippen LogP contribution is -2.20. The van der Waals surface area contributed by atoms with E-state index in [9.17, 15) is 14.9 Å². The highest BCUT2D eigenvalue weighted by molar-refractivity contribution is 5.82. The Morgan fingerprint density at radius 1 is 1.36 bits per heavy atom. The molecule has 7 heteroatoms. The first-order valence-electron chi connectivity index (χ1n) is 6.58. The van der Waals surface area contributed by atoms with Gasteiger partial charge in [-0.15, -0.1) is 0 Å². The van der Waals surface area contributed by atoms with Crippen LogP contribution in [-0.4, -0.2) is 17.0 Å². The monoisotopic (exact) mass is 301 g/mol. The largest absolute Gasteiger partial charge is 0.433 e. The summed E-state index contributed by atoms with van der Waals surface area (Å²) in [6.07, 6.45) is 1.43. The van der Waals surface area contributed by atoms with Gasteiger partial charge in [0.1, 0.15) is 4.92 Å².